The molecule has 0 fully saturated rings. The molecule has 2 rings (SSSR count). The van der Waals surface area contributed by atoms with Crippen LogP contribution in [-0.4, -0.2) is 11.5 Å². The molecule has 0 saturated heterocycles. The summed E-state index contributed by atoms with van der Waals surface area (Å²) in [7, 11) is 0. The number of aromatic nitrogens is 1. The average molecular weight is 275 g/mol. The van der Waals surface area contributed by atoms with Crippen molar-refractivity contribution in [1.82, 2.24) is 10.3 Å². The Bertz CT molecular complexity index is 566. The minimum Gasteiger partial charge on any atom is -0.305 e. The van der Waals surface area contributed by atoms with Crippen LogP contribution in [0.15, 0.2) is 36.5 Å². The van der Waals surface area contributed by atoms with E-state index < -0.39 is 0 Å². The lowest BCUT2D eigenvalue weighted by Crippen LogP contribution is -2.24. The first-order valence-corrected chi connectivity index (χ1v) is 6.92. The molecule has 100 valence electrons. The van der Waals surface area contributed by atoms with E-state index in [0.717, 1.165) is 22.8 Å². The summed E-state index contributed by atoms with van der Waals surface area (Å²) in [5.41, 5.74) is 4.48. The number of nitrogens with zero attached hydrogens (tertiary/aromatic N) is 1. The van der Waals surface area contributed by atoms with E-state index in [1.165, 1.54) is 11.1 Å². The van der Waals surface area contributed by atoms with E-state index in [4.69, 9.17) is 11.6 Å². The second-order valence-electron chi connectivity index (χ2n) is 4.73. The molecule has 0 aliphatic heterocycles. The largest absolute Gasteiger partial charge is 0.305 e. The van der Waals surface area contributed by atoms with Gasteiger partial charge in [0.15, 0.2) is 0 Å². The van der Waals surface area contributed by atoms with E-state index in [1.54, 1.807) is 0 Å². The van der Waals surface area contributed by atoms with Gasteiger partial charge in [0.2, 0.25) is 0 Å². The average Bonchev–Trinajstić information content (AvgIpc) is 2.38. The molecule has 19 heavy (non-hydrogen) atoms. The molecule has 1 atom stereocenters. The summed E-state index contributed by atoms with van der Waals surface area (Å²) in [5.74, 6) is 0. The minimum atomic E-state index is 0.0410. The second kappa shape index (κ2) is 6.18. The number of halogens is 1. The molecule has 3 heteroatoms. The minimum absolute atomic E-state index is 0.0410. The lowest BCUT2D eigenvalue weighted by molar-refractivity contribution is 0.612. The first kappa shape index (κ1) is 14.0. The van der Waals surface area contributed by atoms with Crippen LogP contribution in [0.4, 0.5) is 0 Å². The zero-order valence-corrected chi connectivity index (χ0v) is 12.3. The van der Waals surface area contributed by atoms with Crippen molar-refractivity contribution in [1.29, 1.82) is 0 Å². The highest BCUT2D eigenvalue weighted by Crippen LogP contribution is 2.28. The van der Waals surface area contributed by atoms with Crippen molar-refractivity contribution in [2.24, 2.45) is 0 Å². The third-order valence-electron chi connectivity index (χ3n) is 3.15. The first-order valence-electron chi connectivity index (χ1n) is 6.54. The summed E-state index contributed by atoms with van der Waals surface area (Å²) in [6, 6.07) is 10.1. The van der Waals surface area contributed by atoms with Crippen molar-refractivity contribution in [2.75, 3.05) is 6.54 Å². The molecular weight excluding hydrogens is 256 g/mol. The molecule has 1 aromatic heterocycles. The van der Waals surface area contributed by atoms with Crippen LogP contribution in [0.1, 0.15) is 35.3 Å². The van der Waals surface area contributed by atoms with Gasteiger partial charge in [0, 0.05) is 11.2 Å². The van der Waals surface area contributed by atoms with Gasteiger partial charge in [0.25, 0.3) is 0 Å². The number of pyridine rings is 1. The molecule has 1 heterocycles. The number of aryl methyl sites for hydroxylation is 2. The molecule has 1 unspecified atom stereocenters. The molecule has 0 aliphatic carbocycles. The van der Waals surface area contributed by atoms with Crippen LogP contribution in [0, 0.1) is 13.8 Å². The highest BCUT2D eigenvalue weighted by atomic mass is 35.5. The molecule has 1 aromatic carbocycles. The van der Waals surface area contributed by atoms with E-state index in [0.29, 0.717) is 0 Å². The third-order valence-corrected chi connectivity index (χ3v) is 3.50. The maximum atomic E-state index is 6.32. The number of nitrogens with one attached hydrogen (secondary N) is 1. The fourth-order valence-corrected chi connectivity index (χ4v) is 2.54. The molecule has 0 radical (unpaired) electrons. The quantitative estimate of drug-likeness (QED) is 0.910. The van der Waals surface area contributed by atoms with Crippen molar-refractivity contribution < 1.29 is 0 Å². The number of hydrogen-bond acceptors (Lipinski definition) is 2. The maximum absolute atomic E-state index is 6.32. The Morgan fingerprint density at radius 3 is 2.63 bits per heavy atom. The summed E-state index contributed by atoms with van der Waals surface area (Å²) in [6.45, 7) is 7.11. The summed E-state index contributed by atoms with van der Waals surface area (Å²) in [4.78, 5) is 4.59. The van der Waals surface area contributed by atoms with Crippen molar-refractivity contribution in [3.8, 4) is 0 Å². The molecule has 0 bridgehead atoms. The van der Waals surface area contributed by atoms with Crippen molar-refractivity contribution in [3.05, 3.63) is 63.9 Å². The van der Waals surface area contributed by atoms with Crippen LogP contribution in [0.2, 0.25) is 5.02 Å². The van der Waals surface area contributed by atoms with E-state index in [9.17, 15) is 0 Å². The Labute approximate surface area is 119 Å². The van der Waals surface area contributed by atoms with E-state index in [-0.39, 0.29) is 6.04 Å². The molecule has 0 amide bonds. The van der Waals surface area contributed by atoms with Gasteiger partial charge in [-0.1, -0.05) is 42.8 Å². The van der Waals surface area contributed by atoms with Gasteiger partial charge in [-0.15, -0.1) is 0 Å². The van der Waals surface area contributed by atoms with Crippen LogP contribution in [-0.2, 0) is 0 Å². The highest BCUT2D eigenvalue weighted by Gasteiger charge is 2.18. The number of benzene rings is 1. The summed E-state index contributed by atoms with van der Waals surface area (Å²) >= 11 is 6.32. The van der Waals surface area contributed by atoms with Gasteiger partial charge in [-0.25, -0.2) is 0 Å². The van der Waals surface area contributed by atoms with Gasteiger partial charge >= 0.3 is 0 Å². The Morgan fingerprint density at radius 2 is 2.00 bits per heavy atom. The van der Waals surface area contributed by atoms with Gasteiger partial charge < -0.3 is 5.32 Å². The third kappa shape index (κ3) is 3.14. The number of hydrogen-bond donors (Lipinski definition) is 1. The monoisotopic (exact) mass is 274 g/mol. The SMILES string of the molecule is CCNC(c1ccccc1Cl)c1ncc(C)cc1C. The van der Waals surface area contributed by atoms with E-state index in [1.807, 2.05) is 24.4 Å². The molecule has 2 nitrogen and oxygen atoms in total. The Balaban J connectivity index is 2.48. The second-order valence-corrected chi connectivity index (χ2v) is 5.13. The highest BCUT2D eigenvalue weighted by molar-refractivity contribution is 6.31. The summed E-state index contributed by atoms with van der Waals surface area (Å²) in [6.07, 6.45) is 1.91. The predicted molar refractivity (Wildman–Crippen MR) is 80.7 cm³/mol. The normalized spacial score (nSPS) is 12.4. The smallest absolute Gasteiger partial charge is 0.0768 e. The fraction of sp³-hybridized carbons (Fsp3) is 0.312. The molecular formula is C16H19ClN2. The van der Waals surface area contributed by atoms with Gasteiger partial charge in [-0.05, 0) is 43.1 Å². The standard InChI is InChI=1S/C16H19ClN2/c1-4-18-16(13-7-5-6-8-14(13)17)15-12(3)9-11(2)10-19-15/h5-10,16,18H,4H2,1-3H3. The van der Waals surface area contributed by atoms with E-state index in [2.05, 4.69) is 43.2 Å². The van der Waals surface area contributed by atoms with Crippen molar-refractivity contribution in [3.63, 3.8) is 0 Å². The van der Waals surface area contributed by atoms with Crippen LogP contribution < -0.4 is 5.32 Å². The zero-order valence-electron chi connectivity index (χ0n) is 11.6. The first-order chi connectivity index (χ1) is 9.13. The molecule has 0 spiro atoms. The summed E-state index contributed by atoms with van der Waals surface area (Å²) in [5, 5.41) is 4.24. The molecule has 2 aromatic rings. The van der Waals surface area contributed by atoms with Gasteiger partial charge in [0.1, 0.15) is 0 Å². The van der Waals surface area contributed by atoms with Crippen molar-refractivity contribution in [2.45, 2.75) is 26.8 Å². The zero-order chi connectivity index (χ0) is 13.8. The Hall–Kier alpha value is -1.38. The van der Waals surface area contributed by atoms with Crippen LogP contribution in [0.25, 0.3) is 0 Å². The summed E-state index contributed by atoms with van der Waals surface area (Å²) < 4.78 is 0. The van der Waals surface area contributed by atoms with Crippen LogP contribution >= 0.6 is 11.6 Å². The lowest BCUT2D eigenvalue weighted by atomic mass is 9.99. The lowest BCUT2D eigenvalue weighted by Gasteiger charge is -2.21. The predicted octanol–water partition coefficient (Wildman–Crippen LogP) is 4.05. The Kier molecular flexibility index (Phi) is 4.56. The number of rotatable bonds is 4. The topological polar surface area (TPSA) is 24.9 Å². The van der Waals surface area contributed by atoms with Crippen LogP contribution in [0.3, 0.4) is 0 Å². The van der Waals surface area contributed by atoms with Gasteiger partial charge in [0.05, 0.1) is 11.7 Å². The fourth-order valence-electron chi connectivity index (χ4n) is 2.30. The maximum Gasteiger partial charge on any atom is 0.0768 e. The van der Waals surface area contributed by atoms with Crippen LogP contribution in [0.5, 0.6) is 0 Å². The van der Waals surface area contributed by atoms with Crippen molar-refractivity contribution >= 4 is 11.6 Å². The molecule has 0 saturated carbocycles. The Morgan fingerprint density at radius 1 is 1.26 bits per heavy atom. The van der Waals surface area contributed by atoms with Gasteiger partial charge in [-0.3, -0.25) is 4.98 Å². The van der Waals surface area contributed by atoms with E-state index >= 15 is 0 Å². The molecule has 0 aliphatic rings. The molecule has 1 N–H and O–H groups in total. The van der Waals surface area contributed by atoms with Gasteiger partial charge in [-0.2, -0.15) is 0 Å².